The van der Waals surface area contributed by atoms with E-state index in [2.05, 4.69) is 466 Å². The van der Waals surface area contributed by atoms with Crippen molar-refractivity contribution in [2.45, 2.75) is 105 Å². The van der Waals surface area contributed by atoms with Gasteiger partial charge in [-0.25, -0.2) is 0 Å². The van der Waals surface area contributed by atoms with E-state index in [9.17, 15) is 0 Å². The lowest BCUT2D eigenvalue weighted by molar-refractivity contribution is 0.590. The Hall–Kier alpha value is -13.8. The quantitative estimate of drug-likeness (QED) is 0.136. The molecule has 0 atom stereocenters. The van der Waals surface area contributed by atoms with Crippen LogP contribution in [-0.4, -0.2) is 8.80 Å². The van der Waals surface area contributed by atoms with Gasteiger partial charge in [0.05, 0.1) is 33.1 Å². The van der Waals surface area contributed by atoms with Crippen LogP contribution in [0.1, 0.15) is 105 Å². The smallest absolute Gasteiger partial charge is 0.0620 e. The fourth-order valence-electron chi connectivity index (χ4n) is 18.8. The van der Waals surface area contributed by atoms with Crippen LogP contribution in [0, 0.1) is 0 Å². The summed E-state index contributed by atoms with van der Waals surface area (Å²) in [7, 11) is 0. The van der Waals surface area contributed by atoms with Crippen molar-refractivity contribution in [2.24, 2.45) is 0 Å². The molecule has 0 aliphatic rings. The van der Waals surface area contributed by atoms with Crippen LogP contribution in [0.3, 0.4) is 0 Å². The van der Waals surface area contributed by atoms with E-state index in [0.717, 1.165) is 34.1 Å². The molecule has 580 valence electrons. The zero-order valence-electron chi connectivity index (χ0n) is 70.4. The molecular weight excluding hydrogens is 1450 g/mol. The first-order valence-electron chi connectivity index (χ1n) is 42.5. The fourth-order valence-corrected chi connectivity index (χ4v) is 18.8. The molecule has 4 heterocycles. The first-order valence-corrected chi connectivity index (χ1v) is 42.5. The predicted octanol–water partition coefficient (Wildman–Crippen LogP) is 33.1. The Kier molecular flexibility index (Phi) is 17.2. The topological polar surface area (TPSA) is 15.3 Å². The Bertz CT molecular complexity index is 7150. The third kappa shape index (κ3) is 12.8. The summed E-state index contributed by atoms with van der Waals surface area (Å²) in [6.45, 7) is 27.4. The van der Waals surface area contributed by atoms with Gasteiger partial charge in [-0.05, 0) is 265 Å². The minimum atomic E-state index is 0.0689. The normalized spacial score (nSPS) is 12.5. The van der Waals surface area contributed by atoms with Crippen molar-refractivity contribution in [3.05, 3.63) is 386 Å². The van der Waals surface area contributed by atoms with Crippen LogP contribution in [0.4, 0.5) is 34.1 Å². The van der Waals surface area contributed by atoms with Gasteiger partial charge in [0.15, 0.2) is 0 Å². The van der Waals surface area contributed by atoms with Crippen LogP contribution >= 0.6 is 0 Å². The summed E-state index contributed by atoms with van der Waals surface area (Å²) in [6.07, 6.45) is 0. The molecule has 120 heavy (non-hydrogen) atoms. The van der Waals surface area contributed by atoms with E-state index < -0.39 is 0 Å². The number of rotatable bonds is 10. The van der Waals surface area contributed by atoms with E-state index in [1.165, 1.54) is 186 Å². The molecule has 0 spiro atoms. The molecule has 0 fully saturated rings. The zero-order chi connectivity index (χ0) is 81.8. The molecule has 4 heteroatoms. The van der Waals surface area contributed by atoms with Gasteiger partial charge in [-0.2, -0.15) is 0 Å². The molecule has 22 aromatic rings. The van der Waals surface area contributed by atoms with Gasteiger partial charge in [-0.15, -0.1) is 0 Å². The Labute approximate surface area is 702 Å². The van der Waals surface area contributed by atoms with Crippen LogP contribution < -0.4 is 9.80 Å². The minimum absolute atomic E-state index is 0.0689. The monoisotopic (exact) mass is 1540 g/mol. The van der Waals surface area contributed by atoms with E-state index in [1.807, 2.05) is 0 Å². The third-order valence-corrected chi connectivity index (χ3v) is 25.6. The summed E-state index contributed by atoms with van der Waals surface area (Å²) >= 11 is 0. The van der Waals surface area contributed by atoms with Crippen molar-refractivity contribution in [1.82, 2.24) is 8.80 Å². The van der Waals surface area contributed by atoms with Gasteiger partial charge in [0.1, 0.15) is 0 Å². The first kappa shape index (κ1) is 73.8. The molecule has 4 nitrogen and oxygen atoms in total. The molecule has 4 aromatic heterocycles. The van der Waals surface area contributed by atoms with Crippen molar-refractivity contribution in [2.75, 3.05) is 9.80 Å². The summed E-state index contributed by atoms with van der Waals surface area (Å²) < 4.78 is 5.05. The van der Waals surface area contributed by atoms with Gasteiger partial charge in [-0.3, -0.25) is 0 Å². The number of aromatic nitrogens is 2. The molecule has 0 aliphatic heterocycles. The Morgan fingerprint density at radius 3 is 0.658 bits per heavy atom. The highest BCUT2D eigenvalue weighted by Crippen LogP contribution is 2.48. The van der Waals surface area contributed by atoms with Crippen LogP contribution in [0.25, 0.3) is 164 Å². The van der Waals surface area contributed by atoms with Gasteiger partial charge in [-0.1, -0.05) is 314 Å². The maximum atomic E-state index is 2.54. The SMILES string of the molecule is CC(C)(C)c1ccc(N(c2ccc(C(C)(C)C)cc2)c2ccc3cc4c5cccc6c7cc8ccc(N(c9ccc(C(C)(C)C)cc9)c9ccc(C(C)(C)C)cc9)cc8cc7n(c4cc3c2)c56)cc1.c1ccc(-c2ccc(-c3ccc4cc5c6cccc7c8cc9ccc(-c%10ccc(-c%11ccccc%11)cc%10)cc9cc8n(c5cc4c3)c67)cc2)cc1. The van der Waals surface area contributed by atoms with Crippen molar-refractivity contribution in [3.8, 4) is 44.5 Å². The summed E-state index contributed by atoms with van der Waals surface area (Å²) in [5, 5.41) is 20.3. The fraction of sp³-hybridized carbons (Fsp3) is 0.138. The predicted molar refractivity (Wildman–Crippen MR) is 518 cm³/mol. The number of para-hydroxylation sites is 2. The number of anilines is 6. The molecule has 0 amide bonds. The van der Waals surface area contributed by atoms with Crippen LogP contribution in [0.5, 0.6) is 0 Å². The van der Waals surface area contributed by atoms with E-state index in [0.29, 0.717) is 0 Å². The Morgan fingerprint density at radius 2 is 0.392 bits per heavy atom. The second-order valence-corrected chi connectivity index (χ2v) is 37.5. The van der Waals surface area contributed by atoms with Crippen molar-refractivity contribution >= 4 is 153 Å². The van der Waals surface area contributed by atoms with Gasteiger partial charge < -0.3 is 18.6 Å². The molecule has 0 radical (unpaired) electrons. The van der Waals surface area contributed by atoms with E-state index in [4.69, 9.17) is 0 Å². The molecular formula is C116H96N4. The highest BCUT2D eigenvalue weighted by Gasteiger charge is 2.26. The summed E-state index contributed by atoms with van der Waals surface area (Å²) in [4.78, 5) is 4.82. The van der Waals surface area contributed by atoms with Gasteiger partial charge in [0.25, 0.3) is 0 Å². The van der Waals surface area contributed by atoms with Crippen molar-refractivity contribution in [1.29, 1.82) is 0 Å². The number of fused-ring (bicyclic) bond motifs is 16. The number of benzene rings is 18. The van der Waals surface area contributed by atoms with Crippen LogP contribution in [0.2, 0.25) is 0 Å². The van der Waals surface area contributed by atoms with E-state index in [-0.39, 0.29) is 21.7 Å². The van der Waals surface area contributed by atoms with Gasteiger partial charge in [0.2, 0.25) is 0 Å². The summed E-state index contributed by atoms with van der Waals surface area (Å²) in [5.41, 5.74) is 29.9. The molecule has 22 rings (SSSR count). The minimum Gasteiger partial charge on any atom is -0.310 e. The first-order chi connectivity index (χ1) is 57.9. The lowest BCUT2D eigenvalue weighted by Gasteiger charge is -2.28. The molecule has 0 bridgehead atoms. The molecule has 0 saturated heterocycles. The van der Waals surface area contributed by atoms with E-state index >= 15 is 0 Å². The molecule has 0 unspecified atom stereocenters. The lowest BCUT2D eigenvalue weighted by Crippen LogP contribution is -2.14. The highest BCUT2D eigenvalue weighted by molar-refractivity contribution is 6.28. The Balaban J connectivity index is 0.000000155. The number of hydrogen-bond acceptors (Lipinski definition) is 2. The zero-order valence-corrected chi connectivity index (χ0v) is 70.4. The van der Waals surface area contributed by atoms with Crippen LogP contribution in [-0.2, 0) is 21.7 Å². The lowest BCUT2D eigenvalue weighted by atomic mass is 9.86. The molecule has 0 N–H and O–H groups in total. The molecule has 0 aliphatic carbocycles. The largest absolute Gasteiger partial charge is 0.310 e. The Morgan fingerprint density at radius 1 is 0.167 bits per heavy atom. The van der Waals surface area contributed by atoms with E-state index in [1.54, 1.807) is 0 Å². The average molecular weight is 1550 g/mol. The number of nitrogens with zero attached hydrogens (tertiary/aromatic N) is 4. The third-order valence-electron chi connectivity index (χ3n) is 25.6. The summed E-state index contributed by atoms with van der Waals surface area (Å²) in [5.74, 6) is 0. The van der Waals surface area contributed by atoms with Crippen molar-refractivity contribution in [3.63, 3.8) is 0 Å². The van der Waals surface area contributed by atoms with Gasteiger partial charge >= 0.3 is 0 Å². The summed E-state index contributed by atoms with van der Waals surface area (Å²) in [6, 6.07) is 136. The average Bonchev–Trinajstić information content (AvgIpc) is 1.54. The van der Waals surface area contributed by atoms with Crippen molar-refractivity contribution < 1.29 is 0 Å². The molecule has 0 saturated carbocycles. The number of hydrogen-bond donors (Lipinski definition) is 0. The molecule has 18 aromatic carbocycles. The second-order valence-electron chi connectivity index (χ2n) is 37.5. The second kappa shape index (κ2) is 27.9. The van der Waals surface area contributed by atoms with Crippen LogP contribution in [0.15, 0.2) is 364 Å². The maximum Gasteiger partial charge on any atom is 0.0620 e. The maximum absolute atomic E-state index is 2.54. The van der Waals surface area contributed by atoms with Gasteiger partial charge in [0, 0.05) is 77.2 Å². The standard InChI is InChI=1S/C66H65N3.C50H31N/c1-63(2,3)46-18-28-50(29-19-46)67(51-30-20-47(21-31-51)64(4,5)6)54-26-16-42-38-58-56-14-13-15-57-59-39-43-17-27-55(37-45(43)41-61(59)69(62(56)57)60(58)40-44(42)36-54)68(52-32-22-48(23-33-52)65(7,8)9)53-34-24-49(25-35-53)66(10,11)12;1-3-8-32(9-4-1)34-14-18-36(19-15-34)38-22-24-40-28-46-44-12-7-13-45-47-29-41-25-23-39(37-20-16-35(17-21-37)33-10-5-2-6-11-33)27-43(41)31-49(47)51(50(44)45)48(46)30-42(40)26-38/h13-41H,1-12H3;1-31H. The highest BCUT2D eigenvalue weighted by atomic mass is 15.1.